The van der Waals surface area contributed by atoms with Crippen LogP contribution >= 0.6 is 0 Å². The zero-order chi connectivity index (χ0) is 13.3. The highest BCUT2D eigenvalue weighted by Crippen LogP contribution is 2.21. The Morgan fingerprint density at radius 2 is 1.84 bits per heavy atom. The summed E-state index contributed by atoms with van der Waals surface area (Å²) in [5, 5.41) is 0. The molecule has 2 atom stereocenters. The zero-order valence-corrected chi connectivity index (χ0v) is 11.6. The van der Waals surface area contributed by atoms with Crippen molar-refractivity contribution in [2.45, 2.75) is 38.6 Å². The number of pyridine rings is 1. The lowest BCUT2D eigenvalue weighted by atomic mass is 10.0. The second-order valence-electron chi connectivity index (χ2n) is 5.07. The van der Waals surface area contributed by atoms with E-state index in [1.54, 1.807) is 0 Å². The van der Waals surface area contributed by atoms with Gasteiger partial charge in [-0.2, -0.15) is 0 Å². The minimum Gasteiger partial charge on any atom is -0.289 e. The molecule has 2 nitrogen and oxygen atoms in total. The van der Waals surface area contributed by atoms with Crippen molar-refractivity contribution in [2.75, 3.05) is 0 Å². The predicted octanol–water partition coefficient (Wildman–Crippen LogP) is 4.52. The SMILES string of the molecule is CC1C=NC(c2cccnc2)CC=CCCC=CC1. The third kappa shape index (κ3) is 4.82. The topological polar surface area (TPSA) is 25.2 Å². The van der Waals surface area contributed by atoms with E-state index in [1.807, 2.05) is 18.5 Å². The molecule has 0 saturated heterocycles. The van der Waals surface area contributed by atoms with Crippen LogP contribution in [0.25, 0.3) is 0 Å². The van der Waals surface area contributed by atoms with Crippen LogP contribution in [0.2, 0.25) is 0 Å². The smallest absolute Gasteiger partial charge is 0.0794 e. The van der Waals surface area contributed by atoms with E-state index in [-0.39, 0.29) is 6.04 Å². The maximum atomic E-state index is 4.76. The minimum absolute atomic E-state index is 0.204. The van der Waals surface area contributed by atoms with Crippen LogP contribution in [0.3, 0.4) is 0 Å². The summed E-state index contributed by atoms with van der Waals surface area (Å²) in [6, 6.07) is 4.30. The number of allylic oxidation sites excluding steroid dienone is 3. The second-order valence-corrected chi connectivity index (χ2v) is 5.07. The van der Waals surface area contributed by atoms with Crippen LogP contribution in [-0.2, 0) is 0 Å². The Morgan fingerprint density at radius 3 is 2.58 bits per heavy atom. The third-order valence-electron chi connectivity index (χ3n) is 3.29. The molecule has 1 aromatic heterocycles. The highest BCUT2D eigenvalue weighted by molar-refractivity contribution is 5.61. The number of hydrogen-bond acceptors (Lipinski definition) is 2. The van der Waals surface area contributed by atoms with Crippen molar-refractivity contribution in [3.63, 3.8) is 0 Å². The van der Waals surface area contributed by atoms with E-state index in [4.69, 9.17) is 4.99 Å². The van der Waals surface area contributed by atoms with E-state index < -0.39 is 0 Å². The molecule has 1 aromatic rings. The van der Waals surface area contributed by atoms with Crippen LogP contribution in [-0.4, -0.2) is 11.2 Å². The Hall–Kier alpha value is -1.70. The highest BCUT2D eigenvalue weighted by Gasteiger charge is 2.08. The molecule has 0 aromatic carbocycles. The standard InChI is InChI=1S/C17H22N2/c1-15-9-6-4-2-3-5-7-11-17(19-13-15)16-10-8-12-18-14-16/h4-8,10,12-15,17H,2-3,9,11H2,1H3. The molecular formula is C17H22N2. The summed E-state index contributed by atoms with van der Waals surface area (Å²) in [6.45, 7) is 2.22. The van der Waals surface area contributed by atoms with E-state index >= 15 is 0 Å². The van der Waals surface area contributed by atoms with E-state index in [9.17, 15) is 0 Å². The second kappa shape index (κ2) is 7.67. The number of aliphatic imine (C=N–C) groups is 1. The number of rotatable bonds is 1. The van der Waals surface area contributed by atoms with Crippen molar-refractivity contribution >= 4 is 6.21 Å². The van der Waals surface area contributed by atoms with Crippen molar-refractivity contribution in [1.82, 2.24) is 4.98 Å². The van der Waals surface area contributed by atoms with E-state index in [0.717, 1.165) is 25.7 Å². The van der Waals surface area contributed by atoms with Gasteiger partial charge in [-0.25, -0.2) is 0 Å². The molecule has 0 radical (unpaired) electrons. The van der Waals surface area contributed by atoms with Crippen LogP contribution in [0.5, 0.6) is 0 Å². The van der Waals surface area contributed by atoms with E-state index in [1.165, 1.54) is 5.56 Å². The van der Waals surface area contributed by atoms with Gasteiger partial charge in [0, 0.05) is 18.6 Å². The monoisotopic (exact) mass is 254 g/mol. The molecule has 2 heterocycles. The summed E-state index contributed by atoms with van der Waals surface area (Å²) in [7, 11) is 0. The summed E-state index contributed by atoms with van der Waals surface area (Å²) in [5.74, 6) is 0.499. The molecule has 0 spiro atoms. The fourth-order valence-electron chi connectivity index (χ4n) is 2.13. The van der Waals surface area contributed by atoms with Crippen LogP contribution in [0.4, 0.5) is 0 Å². The number of nitrogens with zero attached hydrogens (tertiary/aromatic N) is 2. The van der Waals surface area contributed by atoms with Crippen molar-refractivity contribution < 1.29 is 0 Å². The predicted molar refractivity (Wildman–Crippen MR) is 81.4 cm³/mol. The minimum atomic E-state index is 0.204. The van der Waals surface area contributed by atoms with Gasteiger partial charge in [0.1, 0.15) is 0 Å². The molecule has 1 aliphatic heterocycles. The van der Waals surface area contributed by atoms with Gasteiger partial charge in [-0.1, -0.05) is 37.3 Å². The first-order chi connectivity index (χ1) is 9.36. The molecule has 2 heteroatoms. The van der Waals surface area contributed by atoms with Gasteiger partial charge in [-0.15, -0.1) is 0 Å². The molecule has 19 heavy (non-hydrogen) atoms. The molecule has 0 N–H and O–H groups in total. The van der Waals surface area contributed by atoms with Gasteiger partial charge in [-0.3, -0.25) is 9.98 Å². The Balaban J connectivity index is 2.14. The molecule has 2 unspecified atom stereocenters. The molecule has 0 aliphatic carbocycles. The van der Waals surface area contributed by atoms with Gasteiger partial charge in [0.15, 0.2) is 0 Å². The van der Waals surface area contributed by atoms with Crippen LogP contribution in [0.1, 0.15) is 44.2 Å². The van der Waals surface area contributed by atoms with Crippen molar-refractivity contribution in [1.29, 1.82) is 0 Å². The molecule has 0 bridgehead atoms. The summed E-state index contributed by atoms with van der Waals surface area (Å²) in [4.78, 5) is 8.96. The maximum Gasteiger partial charge on any atom is 0.0794 e. The Morgan fingerprint density at radius 1 is 1.05 bits per heavy atom. The summed E-state index contributed by atoms with van der Waals surface area (Å²) in [5.41, 5.74) is 1.20. The van der Waals surface area contributed by atoms with Crippen LogP contribution in [0.15, 0.2) is 53.8 Å². The van der Waals surface area contributed by atoms with Gasteiger partial charge in [0.25, 0.3) is 0 Å². The fourth-order valence-corrected chi connectivity index (χ4v) is 2.13. The first-order valence-corrected chi connectivity index (χ1v) is 7.09. The van der Waals surface area contributed by atoms with Crippen molar-refractivity contribution in [2.24, 2.45) is 10.9 Å². The Labute approximate surface area is 116 Å². The molecule has 100 valence electrons. The summed E-state index contributed by atoms with van der Waals surface area (Å²) < 4.78 is 0. The fraction of sp³-hybridized carbons (Fsp3) is 0.412. The van der Waals surface area contributed by atoms with Crippen LogP contribution in [0, 0.1) is 5.92 Å². The van der Waals surface area contributed by atoms with Gasteiger partial charge in [-0.05, 0) is 43.2 Å². The Kier molecular flexibility index (Phi) is 5.54. The van der Waals surface area contributed by atoms with E-state index in [2.05, 4.69) is 48.5 Å². The van der Waals surface area contributed by atoms with Crippen molar-refractivity contribution in [3.8, 4) is 0 Å². The lowest BCUT2D eigenvalue weighted by Crippen LogP contribution is -2.00. The van der Waals surface area contributed by atoms with Gasteiger partial charge in [0.05, 0.1) is 6.04 Å². The van der Waals surface area contributed by atoms with Gasteiger partial charge < -0.3 is 0 Å². The lowest BCUT2D eigenvalue weighted by Gasteiger charge is -2.12. The molecule has 1 aliphatic rings. The molecule has 0 fully saturated rings. The molecule has 2 rings (SSSR count). The number of aromatic nitrogens is 1. The van der Waals surface area contributed by atoms with Crippen LogP contribution < -0.4 is 0 Å². The molecule has 0 saturated carbocycles. The first-order valence-electron chi connectivity index (χ1n) is 7.09. The zero-order valence-electron chi connectivity index (χ0n) is 11.6. The van der Waals surface area contributed by atoms with Gasteiger partial charge >= 0.3 is 0 Å². The maximum absolute atomic E-state index is 4.76. The summed E-state index contributed by atoms with van der Waals surface area (Å²) >= 11 is 0. The third-order valence-corrected chi connectivity index (χ3v) is 3.29. The summed E-state index contributed by atoms with van der Waals surface area (Å²) in [6.07, 6.45) is 19.2. The highest BCUT2D eigenvalue weighted by atomic mass is 14.8. The average molecular weight is 254 g/mol. The Bertz CT molecular complexity index is 446. The van der Waals surface area contributed by atoms with E-state index in [0.29, 0.717) is 5.92 Å². The number of hydrogen-bond donors (Lipinski definition) is 0. The normalized spacial score (nSPS) is 24.7. The lowest BCUT2D eigenvalue weighted by molar-refractivity contribution is 0.716. The molecular weight excluding hydrogens is 232 g/mol. The van der Waals surface area contributed by atoms with Gasteiger partial charge in [0.2, 0.25) is 0 Å². The largest absolute Gasteiger partial charge is 0.289 e. The molecule has 0 amide bonds. The average Bonchev–Trinajstić information content (AvgIpc) is 2.44. The quantitative estimate of drug-likeness (QED) is 0.677. The first kappa shape index (κ1) is 13.7. The van der Waals surface area contributed by atoms with Crippen molar-refractivity contribution in [3.05, 3.63) is 54.4 Å².